The van der Waals surface area contributed by atoms with Crippen LogP contribution >= 0.6 is 11.6 Å². The van der Waals surface area contributed by atoms with Crippen molar-refractivity contribution in [3.8, 4) is 11.5 Å². The first-order chi connectivity index (χ1) is 14.7. The first kappa shape index (κ1) is 19.4. The fraction of sp³-hybridized carbons (Fsp3) is 0.500. The van der Waals surface area contributed by atoms with Crippen LogP contribution in [0.4, 0.5) is 5.69 Å². The van der Waals surface area contributed by atoms with Gasteiger partial charge in [-0.15, -0.1) is 10.2 Å². The van der Waals surface area contributed by atoms with Crippen LogP contribution in [0.5, 0.6) is 11.5 Å². The van der Waals surface area contributed by atoms with Crippen molar-refractivity contribution >= 4 is 22.9 Å². The Labute approximate surface area is 180 Å². The maximum atomic E-state index is 6.74. The van der Waals surface area contributed by atoms with Crippen LogP contribution < -0.4 is 14.4 Å². The van der Waals surface area contributed by atoms with Gasteiger partial charge in [-0.3, -0.25) is 0 Å². The quantitative estimate of drug-likeness (QED) is 0.589. The third-order valence-corrected chi connectivity index (χ3v) is 6.67. The molecule has 30 heavy (non-hydrogen) atoms. The van der Waals surface area contributed by atoms with E-state index >= 15 is 0 Å². The number of piperidine rings is 1. The molecule has 7 nitrogen and oxygen atoms in total. The van der Waals surface area contributed by atoms with E-state index in [2.05, 4.69) is 26.3 Å². The topological polar surface area (TPSA) is 64.8 Å². The van der Waals surface area contributed by atoms with Crippen LogP contribution in [-0.4, -0.2) is 47.1 Å². The highest BCUT2D eigenvalue weighted by Gasteiger charge is 2.28. The summed E-state index contributed by atoms with van der Waals surface area (Å²) in [7, 11) is 3.41. The molecule has 158 valence electrons. The monoisotopic (exact) mass is 427 g/mol. The number of fused-ring (bicyclic) bond motifs is 1. The minimum absolute atomic E-state index is 0.417. The van der Waals surface area contributed by atoms with Gasteiger partial charge in [-0.1, -0.05) is 11.6 Å². The van der Waals surface area contributed by atoms with E-state index in [-0.39, 0.29) is 0 Å². The van der Waals surface area contributed by atoms with Gasteiger partial charge in [0.25, 0.3) is 0 Å². The van der Waals surface area contributed by atoms with E-state index in [9.17, 15) is 0 Å². The van der Waals surface area contributed by atoms with Crippen molar-refractivity contribution in [3.05, 3.63) is 40.8 Å². The van der Waals surface area contributed by atoms with Crippen molar-refractivity contribution in [2.75, 3.05) is 32.2 Å². The van der Waals surface area contributed by atoms with E-state index in [0.29, 0.717) is 16.6 Å². The second-order valence-electron chi connectivity index (χ2n) is 8.21. The Bertz CT molecular complexity index is 1060. The van der Waals surface area contributed by atoms with E-state index in [0.717, 1.165) is 61.3 Å². The minimum Gasteiger partial charge on any atom is -0.497 e. The number of ether oxygens (including phenoxy) is 2. The molecule has 2 aliphatic rings. The van der Waals surface area contributed by atoms with Crippen molar-refractivity contribution in [1.82, 2.24) is 19.8 Å². The molecule has 8 heteroatoms. The molecule has 0 radical (unpaired) electrons. The summed E-state index contributed by atoms with van der Waals surface area (Å²) < 4.78 is 12.8. The molecule has 0 amide bonds. The van der Waals surface area contributed by atoms with Crippen LogP contribution in [0.3, 0.4) is 0 Å². The molecule has 0 N–H and O–H groups in total. The van der Waals surface area contributed by atoms with Gasteiger partial charge in [0.2, 0.25) is 0 Å². The van der Waals surface area contributed by atoms with E-state index in [1.807, 2.05) is 18.3 Å². The normalized spacial score (nSPS) is 17.5. The van der Waals surface area contributed by atoms with Crippen LogP contribution in [0.25, 0.3) is 5.65 Å². The maximum Gasteiger partial charge on any atom is 0.198 e. The summed E-state index contributed by atoms with van der Waals surface area (Å²) in [5.74, 6) is 3.83. The molecule has 1 aliphatic carbocycles. The van der Waals surface area contributed by atoms with Gasteiger partial charge in [-0.25, -0.2) is 0 Å². The summed E-state index contributed by atoms with van der Waals surface area (Å²) in [6.45, 7) is 1.79. The summed E-state index contributed by atoms with van der Waals surface area (Å²) >= 11 is 6.74. The molecule has 2 aromatic heterocycles. The van der Waals surface area contributed by atoms with E-state index in [4.69, 9.17) is 21.1 Å². The number of halogens is 1. The molecular formula is C22H26ClN5O2. The van der Waals surface area contributed by atoms with Crippen molar-refractivity contribution < 1.29 is 9.47 Å². The van der Waals surface area contributed by atoms with E-state index in [1.165, 1.54) is 18.4 Å². The van der Waals surface area contributed by atoms with Crippen LogP contribution in [0.15, 0.2) is 24.4 Å². The largest absolute Gasteiger partial charge is 0.497 e. The van der Waals surface area contributed by atoms with Crippen molar-refractivity contribution in [2.45, 2.75) is 38.0 Å². The Hall–Kier alpha value is -2.54. The Morgan fingerprint density at radius 1 is 1.07 bits per heavy atom. The van der Waals surface area contributed by atoms with Gasteiger partial charge in [-0.05, 0) is 55.7 Å². The third-order valence-electron chi connectivity index (χ3n) is 6.30. The first-order valence-corrected chi connectivity index (χ1v) is 10.9. The molecule has 0 atom stereocenters. The average Bonchev–Trinajstić information content (AvgIpc) is 3.52. The highest BCUT2D eigenvalue weighted by atomic mass is 35.5. The zero-order chi connectivity index (χ0) is 20.7. The first-order valence-electron chi connectivity index (χ1n) is 10.5. The lowest BCUT2D eigenvalue weighted by atomic mass is 9.88. The van der Waals surface area contributed by atoms with Gasteiger partial charge in [0.1, 0.15) is 16.5 Å². The number of aromatic nitrogens is 4. The van der Waals surface area contributed by atoms with Crippen LogP contribution in [0.1, 0.15) is 43.0 Å². The molecule has 3 aromatic rings. The van der Waals surface area contributed by atoms with Crippen LogP contribution in [-0.2, 0) is 6.42 Å². The van der Waals surface area contributed by atoms with Crippen molar-refractivity contribution in [1.29, 1.82) is 0 Å². The molecule has 3 heterocycles. The maximum absolute atomic E-state index is 6.74. The molecule has 1 saturated carbocycles. The van der Waals surface area contributed by atoms with Crippen LogP contribution in [0, 0.1) is 5.92 Å². The standard InChI is InChI=1S/C22H26ClN5O2/c1-29-16-5-6-19(30-2)17(12-16)15-7-9-27(10-8-15)18-13-24-28-20(11-14-3-4-14)25-26-22(28)21(18)23/h5-6,12-15H,3-4,7-11H2,1-2H3. The summed E-state index contributed by atoms with van der Waals surface area (Å²) in [6.07, 6.45) is 7.34. The molecule has 2 fully saturated rings. The zero-order valence-electron chi connectivity index (χ0n) is 17.3. The van der Waals surface area contributed by atoms with Crippen molar-refractivity contribution in [2.24, 2.45) is 5.92 Å². The van der Waals surface area contributed by atoms with Crippen molar-refractivity contribution in [3.63, 3.8) is 0 Å². The summed E-state index contributed by atoms with van der Waals surface area (Å²) in [4.78, 5) is 2.30. The molecule has 5 rings (SSSR count). The Balaban J connectivity index is 1.34. The average molecular weight is 428 g/mol. The zero-order valence-corrected chi connectivity index (χ0v) is 18.1. The van der Waals surface area contributed by atoms with Gasteiger partial charge in [0, 0.05) is 25.1 Å². The lowest BCUT2D eigenvalue weighted by Gasteiger charge is -2.34. The highest BCUT2D eigenvalue weighted by Crippen LogP contribution is 2.39. The smallest absolute Gasteiger partial charge is 0.198 e. The second-order valence-corrected chi connectivity index (χ2v) is 8.59. The lowest BCUT2D eigenvalue weighted by Crippen LogP contribution is -2.33. The summed E-state index contributed by atoms with van der Waals surface area (Å²) in [5, 5.41) is 13.9. The third kappa shape index (κ3) is 3.55. The number of anilines is 1. The number of hydrogen-bond donors (Lipinski definition) is 0. The molecule has 1 aromatic carbocycles. The molecule has 0 spiro atoms. The minimum atomic E-state index is 0.417. The number of methoxy groups -OCH3 is 2. The van der Waals surface area contributed by atoms with Gasteiger partial charge >= 0.3 is 0 Å². The van der Waals surface area contributed by atoms with Gasteiger partial charge in [0.05, 0.1) is 26.1 Å². The fourth-order valence-corrected chi connectivity index (χ4v) is 4.66. The van der Waals surface area contributed by atoms with E-state index in [1.54, 1.807) is 18.7 Å². The fourth-order valence-electron chi connectivity index (χ4n) is 4.37. The predicted octanol–water partition coefficient (Wildman–Crippen LogP) is 4.13. The molecule has 0 unspecified atom stereocenters. The number of rotatable bonds is 6. The molecule has 1 saturated heterocycles. The second kappa shape index (κ2) is 7.95. The lowest BCUT2D eigenvalue weighted by molar-refractivity contribution is 0.388. The number of nitrogens with zero attached hydrogens (tertiary/aromatic N) is 5. The summed E-state index contributed by atoms with van der Waals surface area (Å²) in [6, 6.07) is 6.02. The predicted molar refractivity (Wildman–Crippen MR) is 116 cm³/mol. The Morgan fingerprint density at radius 2 is 1.87 bits per heavy atom. The summed E-state index contributed by atoms with van der Waals surface area (Å²) in [5.41, 5.74) is 2.80. The SMILES string of the molecule is COc1ccc(OC)c(C2CCN(c3cnn4c(CC5CC5)nnc4c3Cl)CC2)c1. The van der Waals surface area contributed by atoms with E-state index < -0.39 is 0 Å². The number of hydrogen-bond acceptors (Lipinski definition) is 6. The van der Waals surface area contributed by atoms with Gasteiger partial charge < -0.3 is 14.4 Å². The Kier molecular flexibility index (Phi) is 5.15. The van der Waals surface area contributed by atoms with Gasteiger partial charge in [-0.2, -0.15) is 9.61 Å². The molecular weight excluding hydrogens is 402 g/mol. The highest BCUT2D eigenvalue weighted by molar-refractivity contribution is 6.36. The molecule has 1 aliphatic heterocycles. The number of benzene rings is 1. The van der Waals surface area contributed by atoms with Crippen LogP contribution in [0.2, 0.25) is 5.02 Å². The molecule has 0 bridgehead atoms. The Morgan fingerprint density at radius 3 is 2.57 bits per heavy atom. The van der Waals surface area contributed by atoms with Gasteiger partial charge in [0.15, 0.2) is 11.5 Å².